The molecule has 27 heteroatoms. The van der Waals surface area contributed by atoms with Gasteiger partial charge >= 0.3 is 27.3 Å². The molecule has 0 bridgehead atoms. The van der Waals surface area contributed by atoms with Crippen LogP contribution in [0.5, 0.6) is 0 Å². The molecule has 0 radical (unpaired) electrons. The summed E-state index contributed by atoms with van der Waals surface area (Å²) in [5, 5.41) is 14.4. The van der Waals surface area contributed by atoms with Gasteiger partial charge in [-0.2, -0.15) is 4.98 Å². The van der Waals surface area contributed by atoms with Crippen LogP contribution in [0.1, 0.15) is 39.6 Å². The van der Waals surface area contributed by atoms with Crippen molar-refractivity contribution in [2.75, 3.05) is 37.5 Å². The maximum Gasteiger partial charge on any atom is 0.472 e. The van der Waals surface area contributed by atoms with Crippen LogP contribution in [-0.4, -0.2) is 122 Å². The number of aromatic nitrogens is 6. The largest absolute Gasteiger partial charge is 0.472 e. The third kappa shape index (κ3) is 10.8. The highest BCUT2D eigenvalue weighted by atomic mass is 33.1. The second-order valence-corrected chi connectivity index (χ2v) is 18.8. The Morgan fingerprint density at radius 2 is 1.83 bits per heavy atom. The molecule has 0 aliphatic carbocycles. The number of esters is 1. The van der Waals surface area contributed by atoms with E-state index in [0.717, 1.165) is 4.57 Å². The molecule has 5 unspecified atom stereocenters. The van der Waals surface area contributed by atoms with E-state index >= 15 is 0 Å². The van der Waals surface area contributed by atoms with Gasteiger partial charge in [-0.1, -0.05) is 42.4 Å². The van der Waals surface area contributed by atoms with E-state index < -0.39 is 89.5 Å². The molecule has 2 aliphatic rings. The van der Waals surface area contributed by atoms with Gasteiger partial charge in [0.25, 0.3) is 0 Å². The Labute approximate surface area is 315 Å². The molecule has 9 atom stereocenters. The number of nitrogens with zero attached hydrogens (tertiary/aromatic N) is 6. The Kier molecular flexibility index (Phi) is 13.5. The molecule has 3 aromatic rings. The molecule has 300 valence electrons. The first kappa shape index (κ1) is 42.4. The normalized spacial score (nSPS) is 26.6. The lowest BCUT2D eigenvalue weighted by atomic mass is 10.1. The number of ether oxygens (including phenoxy) is 3. The summed E-state index contributed by atoms with van der Waals surface area (Å²) in [4.78, 5) is 71.0. The number of phosphoric ester groups is 2. The van der Waals surface area contributed by atoms with Crippen LogP contribution in [0.4, 0.5) is 11.6 Å². The van der Waals surface area contributed by atoms with Gasteiger partial charge in [0.15, 0.2) is 23.8 Å². The standard InChI is InChI=1S/C27H41N9O14P2S2/c1-27(2,3)54-53-10-13(30-4)25(38)49-21-16(48-24(20(21)37)36-12-33-19-22(29)31-11-32-23(19)36)9-46-52(43,44)50-14-7-18(35-6-5-17(28)34-26(35)39)47-15(14)8-45-51(40,41)42/h5-6,11-16,18,20-21,24,30,37H,7-10H2,1-4H3,(H,43,44)(H2,28,34,39)(H2,29,31,32)(H2,40,41,42)/t13-,14-,15+,16?,18+,20?,21?,24?/m0/s1. The van der Waals surface area contributed by atoms with Gasteiger partial charge in [-0.25, -0.2) is 28.9 Å². The van der Waals surface area contributed by atoms with Crippen molar-refractivity contribution in [3.63, 3.8) is 0 Å². The van der Waals surface area contributed by atoms with E-state index in [9.17, 15) is 38.5 Å². The van der Waals surface area contributed by atoms with Gasteiger partial charge in [-0.15, -0.1) is 0 Å². The van der Waals surface area contributed by atoms with Crippen LogP contribution in [0, 0.1) is 0 Å². The molecule has 2 fully saturated rings. The average Bonchev–Trinajstić information content (AvgIpc) is 3.76. The van der Waals surface area contributed by atoms with Gasteiger partial charge in [-0.3, -0.25) is 27.5 Å². The number of nitrogen functional groups attached to an aromatic ring is 2. The van der Waals surface area contributed by atoms with Gasteiger partial charge < -0.3 is 50.8 Å². The molecule has 9 N–H and O–H groups in total. The number of rotatable bonds is 16. The van der Waals surface area contributed by atoms with E-state index in [1.807, 2.05) is 20.8 Å². The van der Waals surface area contributed by atoms with E-state index in [0.29, 0.717) is 5.75 Å². The highest BCUT2D eigenvalue weighted by Crippen LogP contribution is 2.50. The third-order valence-corrected chi connectivity index (χ3v) is 12.7. The van der Waals surface area contributed by atoms with Gasteiger partial charge in [0.2, 0.25) is 0 Å². The Hall–Kier alpha value is -2.74. The Morgan fingerprint density at radius 1 is 1.11 bits per heavy atom. The van der Waals surface area contributed by atoms with Crippen molar-refractivity contribution in [2.24, 2.45) is 0 Å². The lowest BCUT2D eigenvalue weighted by Gasteiger charge is -2.25. The van der Waals surface area contributed by atoms with Crippen LogP contribution in [0.15, 0.2) is 29.7 Å². The number of carbonyl (C=O) groups excluding carboxylic acids is 1. The number of imidazole rings is 1. The van der Waals surface area contributed by atoms with Crippen molar-refractivity contribution in [2.45, 2.75) is 81.0 Å². The summed E-state index contributed by atoms with van der Waals surface area (Å²) in [5.41, 5.74) is 11.0. The third-order valence-electron chi connectivity index (χ3n) is 7.82. The maximum atomic E-state index is 13.4. The molecule has 0 aromatic carbocycles. The summed E-state index contributed by atoms with van der Waals surface area (Å²) in [6.07, 6.45) is -6.35. The highest BCUT2D eigenvalue weighted by Gasteiger charge is 2.50. The first-order valence-electron chi connectivity index (χ1n) is 16.1. The smallest absolute Gasteiger partial charge is 0.455 e. The number of carbonyl (C=O) groups is 1. The van der Waals surface area contributed by atoms with Crippen molar-refractivity contribution in [3.05, 3.63) is 35.4 Å². The topological polar surface area (TPSA) is 330 Å². The minimum absolute atomic E-state index is 0.0510. The Balaban J connectivity index is 1.34. The monoisotopic (exact) mass is 841 g/mol. The van der Waals surface area contributed by atoms with Crippen molar-refractivity contribution in [1.29, 1.82) is 0 Å². The lowest BCUT2D eigenvalue weighted by molar-refractivity contribution is -0.158. The fourth-order valence-electron chi connectivity index (χ4n) is 5.37. The molecule has 2 aliphatic heterocycles. The predicted octanol–water partition coefficient (Wildman–Crippen LogP) is 0.0846. The number of hydrogen-bond acceptors (Lipinski definition) is 20. The summed E-state index contributed by atoms with van der Waals surface area (Å²) in [5.74, 6) is -0.489. The first-order chi connectivity index (χ1) is 25.2. The van der Waals surface area contributed by atoms with E-state index in [1.165, 1.54) is 40.3 Å². The maximum absolute atomic E-state index is 13.4. The van der Waals surface area contributed by atoms with Gasteiger partial charge in [0.05, 0.1) is 19.5 Å². The Bertz CT molecular complexity index is 1950. The summed E-state index contributed by atoms with van der Waals surface area (Å²) in [6, 6.07) is 0.474. The SMILES string of the molecule is CN[C@@H](CSSC(C)(C)C)C(=O)OC1C(COP(=O)(O)O[C@H]2C[C@H](n3ccc(N)nc3=O)O[C@@H]2COP(=O)(O)O)OC(n2cnc3c(N)ncnc32)C1O. The number of likely N-dealkylation sites (N-methyl/N-ethyl adjacent to an activating group) is 1. The zero-order chi connectivity index (χ0) is 39.6. The molecule has 5 heterocycles. The molecule has 0 saturated carbocycles. The zero-order valence-electron chi connectivity index (χ0n) is 29.2. The lowest BCUT2D eigenvalue weighted by Crippen LogP contribution is -2.45. The molecule has 3 aromatic heterocycles. The zero-order valence-corrected chi connectivity index (χ0v) is 32.6. The van der Waals surface area contributed by atoms with Gasteiger partial charge in [-0.05, 0) is 13.1 Å². The molecule has 0 amide bonds. The van der Waals surface area contributed by atoms with Crippen LogP contribution < -0.4 is 22.5 Å². The molecule has 23 nitrogen and oxygen atoms in total. The molecule has 2 saturated heterocycles. The van der Waals surface area contributed by atoms with Crippen LogP contribution in [0.3, 0.4) is 0 Å². The van der Waals surface area contributed by atoms with Crippen molar-refractivity contribution in [3.8, 4) is 0 Å². The van der Waals surface area contributed by atoms with Gasteiger partial charge in [0, 0.05) is 23.1 Å². The summed E-state index contributed by atoms with van der Waals surface area (Å²) in [7, 11) is -5.60. The summed E-state index contributed by atoms with van der Waals surface area (Å²) < 4.78 is 59.8. The van der Waals surface area contributed by atoms with Crippen LogP contribution in [-0.2, 0) is 41.7 Å². The first-order valence-corrected chi connectivity index (χ1v) is 21.4. The fraction of sp³-hybridized carbons (Fsp3) is 0.630. The number of nitrogens with one attached hydrogen (secondary N) is 1. The van der Waals surface area contributed by atoms with E-state index in [1.54, 1.807) is 17.8 Å². The van der Waals surface area contributed by atoms with Gasteiger partial charge in [0.1, 0.15) is 54.3 Å². The number of nitrogens with two attached hydrogens (primary N) is 2. The van der Waals surface area contributed by atoms with Crippen molar-refractivity contribution < 1.29 is 61.5 Å². The van der Waals surface area contributed by atoms with Crippen LogP contribution in [0.2, 0.25) is 0 Å². The number of fused-ring (bicyclic) bond motifs is 1. The number of hydrogen-bond donors (Lipinski definition) is 7. The van der Waals surface area contributed by atoms with Crippen molar-refractivity contribution in [1.82, 2.24) is 34.4 Å². The number of phosphoric acid groups is 2. The van der Waals surface area contributed by atoms with Crippen molar-refractivity contribution >= 4 is 66.0 Å². The minimum Gasteiger partial charge on any atom is -0.455 e. The van der Waals surface area contributed by atoms with E-state index in [2.05, 4.69) is 29.8 Å². The molecular formula is C27H41N9O14P2S2. The van der Waals surface area contributed by atoms with Crippen LogP contribution in [0.25, 0.3) is 11.2 Å². The average molecular weight is 842 g/mol. The number of aliphatic hydroxyl groups excluding tert-OH is 1. The second kappa shape index (κ2) is 17.2. The molecule has 5 rings (SSSR count). The summed E-state index contributed by atoms with van der Waals surface area (Å²) in [6.45, 7) is 4.45. The number of aliphatic hydroxyl groups is 1. The Morgan fingerprint density at radius 3 is 2.50 bits per heavy atom. The molecule has 54 heavy (non-hydrogen) atoms. The minimum atomic E-state index is -5.12. The number of anilines is 2. The van der Waals surface area contributed by atoms with E-state index in [4.69, 9.17) is 34.7 Å². The highest BCUT2D eigenvalue weighted by molar-refractivity contribution is 8.77. The second-order valence-electron chi connectivity index (χ2n) is 13.0. The predicted molar refractivity (Wildman–Crippen MR) is 192 cm³/mol. The molecular weight excluding hydrogens is 800 g/mol. The molecule has 0 spiro atoms. The fourth-order valence-corrected chi connectivity index (χ4v) is 9.20. The van der Waals surface area contributed by atoms with Crippen LogP contribution >= 0.6 is 37.2 Å². The summed E-state index contributed by atoms with van der Waals surface area (Å²) >= 11 is 0. The van der Waals surface area contributed by atoms with E-state index in [-0.39, 0.29) is 34.0 Å². The quantitative estimate of drug-likeness (QED) is 0.0570.